The Labute approximate surface area is 154 Å². The Morgan fingerprint density at radius 1 is 1.24 bits per heavy atom. The van der Waals surface area contributed by atoms with E-state index in [4.69, 9.17) is 4.74 Å². The molecule has 1 fully saturated rings. The third-order valence-corrected chi connectivity index (χ3v) is 6.14. The molecule has 6 heteroatoms. The lowest BCUT2D eigenvalue weighted by Gasteiger charge is -2.05. The predicted octanol–water partition coefficient (Wildman–Crippen LogP) is 4.65. The van der Waals surface area contributed by atoms with Crippen LogP contribution in [0.5, 0.6) is 0 Å². The summed E-state index contributed by atoms with van der Waals surface area (Å²) < 4.78 is 5.68. The number of aromatic nitrogens is 1. The molecule has 1 aromatic carbocycles. The first-order chi connectivity index (χ1) is 12.3. The lowest BCUT2D eigenvalue weighted by Crippen LogP contribution is -2.21. The van der Waals surface area contributed by atoms with E-state index in [-0.39, 0.29) is 12.0 Å². The topological polar surface area (TPSA) is 51.2 Å². The van der Waals surface area contributed by atoms with Gasteiger partial charge in [-0.25, -0.2) is 4.98 Å². The summed E-state index contributed by atoms with van der Waals surface area (Å²) in [6, 6.07) is 14.0. The number of hydrogen-bond donors (Lipinski definition) is 1. The molecule has 2 aromatic heterocycles. The maximum Gasteiger partial charge on any atom is 0.261 e. The highest BCUT2D eigenvalue weighted by molar-refractivity contribution is 7.14. The molecule has 0 spiro atoms. The van der Waals surface area contributed by atoms with Gasteiger partial charge in [0.1, 0.15) is 5.01 Å². The van der Waals surface area contributed by atoms with Crippen LogP contribution >= 0.6 is 22.7 Å². The lowest BCUT2D eigenvalue weighted by atomic mass is 10.2. The van der Waals surface area contributed by atoms with E-state index in [0.717, 1.165) is 45.5 Å². The quantitative estimate of drug-likeness (QED) is 0.711. The van der Waals surface area contributed by atoms with Crippen LogP contribution < -0.4 is 5.32 Å². The zero-order valence-electron chi connectivity index (χ0n) is 13.6. The zero-order chi connectivity index (χ0) is 17.1. The summed E-state index contributed by atoms with van der Waals surface area (Å²) >= 11 is 3.09. The van der Waals surface area contributed by atoms with Crippen molar-refractivity contribution in [2.45, 2.75) is 25.5 Å². The van der Waals surface area contributed by atoms with Crippen LogP contribution in [-0.2, 0) is 11.3 Å². The predicted molar refractivity (Wildman–Crippen MR) is 101 cm³/mol. The van der Waals surface area contributed by atoms with Crippen molar-refractivity contribution >= 4 is 28.6 Å². The van der Waals surface area contributed by atoms with Crippen molar-refractivity contribution in [3.63, 3.8) is 0 Å². The molecule has 128 valence electrons. The fraction of sp³-hybridized carbons (Fsp3) is 0.263. The van der Waals surface area contributed by atoms with Crippen molar-refractivity contribution in [3.8, 4) is 11.3 Å². The number of rotatable bonds is 5. The molecule has 0 radical (unpaired) electrons. The number of nitrogens with one attached hydrogen (secondary N) is 1. The van der Waals surface area contributed by atoms with Gasteiger partial charge in [-0.1, -0.05) is 30.3 Å². The maximum absolute atomic E-state index is 12.4. The van der Waals surface area contributed by atoms with Crippen LogP contribution in [-0.4, -0.2) is 17.5 Å². The lowest BCUT2D eigenvalue weighted by molar-refractivity contribution is 0.0955. The smallest absolute Gasteiger partial charge is 0.261 e. The van der Waals surface area contributed by atoms with E-state index in [2.05, 4.69) is 10.3 Å². The molecule has 4 nitrogen and oxygen atoms in total. The Kier molecular flexibility index (Phi) is 4.92. The van der Waals surface area contributed by atoms with Crippen molar-refractivity contribution in [2.75, 3.05) is 6.61 Å². The van der Waals surface area contributed by atoms with E-state index in [1.807, 2.05) is 47.8 Å². The maximum atomic E-state index is 12.4. The molecule has 0 bridgehead atoms. The molecule has 1 amide bonds. The average molecular weight is 370 g/mol. The van der Waals surface area contributed by atoms with Gasteiger partial charge in [-0.15, -0.1) is 22.7 Å². The third kappa shape index (κ3) is 3.81. The Morgan fingerprint density at radius 3 is 2.92 bits per heavy atom. The number of benzene rings is 1. The molecule has 25 heavy (non-hydrogen) atoms. The highest BCUT2D eigenvalue weighted by Gasteiger charge is 2.20. The summed E-state index contributed by atoms with van der Waals surface area (Å²) in [5.41, 5.74) is 2.04. The van der Waals surface area contributed by atoms with Crippen molar-refractivity contribution in [2.24, 2.45) is 0 Å². The molecular weight excluding hydrogens is 352 g/mol. The second-order valence-corrected chi connectivity index (χ2v) is 7.94. The van der Waals surface area contributed by atoms with Gasteiger partial charge in [0.2, 0.25) is 0 Å². The summed E-state index contributed by atoms with van der Waals surface area (Å²) in [6.45, 7) is 1.27. The van der Waals surface area contributed by atoms with Crippen molar-refractivity contribution in [3.05, 3.63) is 62.6 Å². The highest BCUT2D eigenvalue weighted by Crippen LogP contribution is 2.33. The molecule has 1 aliphatic heterocycles. The first-order valence-electron chi connectivity index (χ1n) is 8.29. The van der Waals surface area contributed by atoms with Gasteiger partial charge < -0.3 is 10.1 Å². The van der Waals surface area contributed by atoms with Crippen LogP contribution in [0.15, 0.2) is 47.8 Å². The summed E-state index contributed by atoms with van der Waals surface area (Å²) in [5, 5.41) is 5.89. The van der Waals surface area contributed by atoms with E-state index in [1.165, 1.54) is 11.3 Å². The van der Waals surface area contributed by atoms with E-state index in [1.54, 1.807) is 11.3 Å². The fourth-order valence-electron chi connectivity index (χ4n) is 2.83. The van der Waals surface area contributed by atoms with Gasteiger partial charge in [0.25, 0.3) is 5.91 Å². The molecule has 1 unspecified atom stereocenters. The summed E-state index contributed by atoms with van der Waals surface area (Å²) in [6.07, 6.45) is 2.31. The molecule has 0 aliphatic carbocycles. The van der Waals surface area contributed by atoms with Crippen LogP contribution in [0.3, 0.4) is 0 Å². The molecule has 3 heterocycles. The molecule has 4 rings (SSSR count). The van der Waals surface area contributed by atoms with E-state index < -0.39 is 0 Å². The van der Waals surface area contributed by atoms with Gasteiger partial charge >= 0.3 is 0 Å². The van der Waals surface area contributed by atoms with Crippen LogP contribution in [0.2, 0.25) is 0 Å². The SMILES string of the molecule is O=C(NCc1nc(-c2ccccc2)cs1)c1ccc(C2CCCO2)s1. The number of amides is 1. The summed E-state index contributed by atoms with van der Waals surface area (Å²) in [7, 11) is 0. The standard InChI is InChI=1S/C19H18N2O2S2/c22-19(17-9-8-16(25-17)15-7-4-10-23-15)20-11-18-21-14(12-24-18)13-5-2-1-3-6-13/h1-3,5-6,8-9,12,15H,4,7,10-11H2,(H,20,22). The second-order valence-electron chi connectivity index (χ2n) is 5.88. The van der Waals surface area contributed by atoms with Crippen LogP contribution in [0.1, 0.15) is 38.5 Å². The minimum Gasteiger partial charge on any atom is -0.373 e. The number of thiazole rings is 1. The van der Waals surface area contributed by atoms with Gasteiger partial charge in [-0.3, -0.25) is 4.79 Å². The Morgan fingerprint density at radius 2 is 2.12 bits per heavy atom. The number of hydrogen-bond acceptors (Lipinski definition) is 5. The normalized spacial score (nSPS) is 16.9. The highest BCUT2D eigenvalue weighted by atomic mass is 32.1. The number of nitrogens with zero attached hydrogens (tertiary/aromatic N) is 1. The number of thiophene rings is 1. The third-order valence-electron chi connectivity index (χ3n) is 4.12. The second kappa shape index (κ2) is 7.47. The number of carbonyl (C=O) groups excluding carboxylic acids is 1. The van der Waals surface area contributed by atoms with Gasteiger partial charge in [0.05, 0.1) is 23.2 Å². The van der Waals surface area contributed by atoms with Crippen LogP contribution in [0, 0.1) is 0 Å². The van der Waals surface area contributed by atoms with Gasteiger partial charge in [0.15, 0.2) is 0 Å². The number of ether oxygens (including phenoxy) is 1. The molecule has 3 aromatic rings. The van der Waals surface area contributed by atoms with Gasteiger partial charge in [-0.2, -0.15) is 0 Å². The average Bonchev–Trinajstić information content (AvgIpc) is 3.41. The molecule has 0 saturated carbocycles. The number of carbonyl (C=O) groups is 1. The monoisotopic (exact) mass is 370 g/mol. The van der Waals surface area contributed by atoms with Crippen LogP contribution in [0.4, 0.5) is 0 Å². The molecule has 1 atom stereocenters. The minimum atomic E-state index is -0.0503. The largest absolute Gasteiger partial charge is 0.373 e. The van der Waals surface area contributed by atoms with Gasteiger partial charge in [-0.05, 0) is 25.0 Å². The molecule has 1 saturated heterocycles. The Balaban J connectivity index is 1.37. The van der Waals surface area contributed by atoms with Crippen molar-refractivity contribution in [1.82, 2.24) is 10.3 Å². The Hall–Kier alpha value is -2.02. The van der Waals surface area contributed by atoms with Crippen molar-refractivity contribution in [1.29, 1.82) is 0 Å². The molecule has 1 aliphatic rings. The van der Waals surface area contributed by atoms with Gasteiger partial charge in [0, 0.05) is 22.4 Å². The summed E-state index contributed by atoms with van der Waals surface area (Å²) in [4.78, 5) is 18.8. The minimum absolute atomic E-state index is 0.0503. The first-order valence-corrected chi connectivity index (χ1v) is 9.98. The fourth-order valence-corrected chi connectivity index (χ4v) is 4.58. The summed E-state index contributed by atoms with van der Waals surface area (Å²) in [5.74, 6) is -0.0503. The Bertz CT molecular complexity index is 851. The van der Waals surface area contributed by atoms with E-state index in [0.29, 0.717) is 6.54 Å². The van der Waals surface area contributed by atoms with E-state index >= 15 is 0 Å². The van der Waals surface area contributed by atoms with Crippen molar-refractivity contribution < 1.29 is 9.53 Å². The molecule has 1 N–H and O–H groups in total. The first kappa shape index (κ1) is 16.4. The molecular formula is C19H18N2O2S2. The van der Waals surface area contributed by atoms with E-state index in [9.17, 15) is 4.79 Å². The van der Waals surface area contributed by atoms with Crippen LogP contribution in [0.25, 0.3) is 11.3 Å². The zero-order valence-corrected chi connectivity index (χ0v) is 15.2.